The molecule has 0 saturated heterocycles. The Morgan fingerprint density at radius 2 is 2.07 bits per heavy atom. The molecule has 0 N–H and O–H groups in total. The highest BCUT2D eigenvalue weighted by molar-refractivity contribution is 5.47. The lowest BCUT2D eigenvalue weighted by atomic mass is 10.3. The van der Waals surface area contributed by atoms with E-state index in [0.29, 0.717) is 0 Å². The number of halogens is 3. The normalized spacial score (nSPS) is 11.6. The van der Waals surface area contributed by atoms with Gasteiger partial charge < -0.3 is 0 Å². The molecule has 0 fully saturated rings. The molecule has 14 heavy (non-hydrogen) atoms. The molecule has 0 amide bonds. The molecule has 1 aromatic rings. The van der Waals surface area contributed by atoms with Crippen LogP contribution in [-0.2, 0) is 6.18 Å². The summed E-state index contributed by atoms with van der Waals surface area (Å²) < 4.78 is 36.4. The van der Waals surface area contributed by atoms with Crippen molar-refractivity contribution in [3.63, 3.8) is 0 Å². The molecule has 0 atom stereocenters. The number of aromatic nitrogens is 1. The molecule has 72 valence electrons. The maximum absolute atomic E-state index is 12.1. The zero-order chi connectivity index (χ0) is 10.6. The van der Waals surface area contributed by atoms with E-state index in [9.17, 15) is 13.2 Å². The summed E-state index contributed by atoms with van der Waals surface area (Å²) in [5, 5.41) is 8.17. The van der Waals surface area contributed by atoms with Gasteiger partial charge in [0.1, 0.15) is 5.69 Å². The summed E-state index contributed by atoms with van der Waals surface area (Å²) in [6, 6.07) is 5.19. The van der Waals surface area contributed by atoms with E-state index >= 15 is 0 Å². The Hall–Kier alpha value is -1.83. The molecule has 5 heteroatoms. The maximum atomic E-state index is 12.1. The molecule has 0 spiro atoms. The van der Waals surface area contributed by atoms with Crippen LogP contribution < -0.4 is 0 Å². The topological polar surface area (TPSA) is 36.7 Å². The predicted octanol–water partition coefficient (Wildman–Crippen LogP) is 2.64. The third-order valence-corrected chi connectivity index (χ3v) is 1.39. The minimum atomic E-state index is -4.45. The van der Waals surface area contributed by atoms with E-state index in [1.54, 1.807) is 6.07 Å². The Morgan fingerprint density at radius 3 is 2.64 bits per heavy atom. The van der Waals surface area contributed by atoms with Gasteiger partial charge in [-0.2, -0.15) is 18.4 Å². The lowest BCUT2D eigenvalue weighted by molar-refractivity contribution is -0.141. The van der Waals surface area contributed by atoms with Gasteiger partial charge in [-0.1, -0.05) is 6.07 Å². The Bertz CT molecular complexity index is 388. The van der Waals surface area contributed by atoms with E-state index in [2.05, 4.69) is 4.98 Å². The second-order valence-electron chi connectivity index (χ2n) is 2.41. The first-order valence-corrected chi connectivity index (χ1v) is 3.64. The number of pyridine rings is 1. The summed E-state index contributed by atoms with van der Waals surface area (Å²) in [7, 11) is 0. The van der Waals surface area contributed by atoms with E-state index in [1.807, 2.05) is 0 Å². The summed E-state index contributed by atoms with van der Waals surface area (Å²) in [5.41, 5.74) is -0.848. The first kappa shape index (κ1) is 10.3. The quantitative estimate of drug-likeness (QED) is 0.650. The lowest BCUT2D eigenvalue weighted by Crippen LogP contribution is -2.07. The van der Waals surface area contributed by atoms with E-state index in [1.165, 1.54) is 18.2 Å². The van der Waals surface area contributed by atoms with Crippen LogP contribution in [0, 0.1) is 11.3 Å². The Morgan fingerprint density at radius 1 is 1.36 bits per heavy atom. The SMILES string of the molecule is N#CC=Cc1cccc(C(F)(F)F)n1. The van der Waals surface area contributed by atoms with Crippen LogP contribution in [0.3, 0.4) is 0 Å². The predicted molar refractivity (Wildman–Crippen MR) is 43.9 cm³/mol. The van der Waals surface area contributed by atoms with Crippen molar-refractivity contribution in [3.8, 4) is 6.07 Å². The molecule has 0 bridgehead atoms. The van der Waals surface area contributed by atoms with Crippen molar-refractivity contribution >= 4 is 6.08 Å². The summed E-state index contributed by atoms with van der Waals surface area (Å²) in [5.74, 6) is 0. The third-order valence-electron chi connectivity index (χ3n) is 1.39. The highest BCUT2D eigenvalue weighted by Crippen LogP contribution is 2.27. The molecule has 2 nitrogen and oxygen atoms in total. The zero-order valence-corrected chi connectivity index (χ0v) is 6.92. The fourth-order valence-electron chi connectivity index (χ4n) is 0.825. The maximum Gasteiger partial charge on any atom is 0.433 e. The van der Waals surface area contributed by atoms with Gasteiger partial charge >= 0.3 is 6.18 Å². The number of alkyl halides is 3. The summed E-state index contributed by atoms with van der Waals surface area (Å²) in [6.45, 7) is 0. The summed E-state index contributed by atoms with van der Waals surface area (Å²) in [6.07, 6.45) is -2.16. The highest BCUT2D eigenvalue weighted by Gasteiger charge is 2.32. The average Bonchev–Trinajstić information content (AvgIpc) is 2.14. The van der Waals surface area contributed by atoms with Crippen LogP contribution in [0.15, 0.2) is 24.3 Å². The number of nitriles is 1. The van der Waals surface area contributed by atoms with Crippen molar-refractivity contribution in [3.05, 3.63) is 35.7 Å². The van der Waals surface area contributed by atoms with E-state index in [4.69, 9.17) is 5.26 Å². The minimum absolute atomic E-state index is 0.112. The van der Waals surface area contributed by atoms with E-state index in [-0.39, 0.29) is 5.69 Å². The van der Waals surface area contributed by atoms with Crippen molar-refractivity contribution in [2.75, 3.05) is 0 Å². The minimum Gasteiger partial charge on any atom is -0.244 e. The van der Waals surface area contributed by atoms with Gasteiger partial charge in [-0.25, -0.2) is 4.98 Å². The van der Waals surface area contributed by atoms with Gasteiger partial charge in [0.2, 0.25) is 0 Å². The van der Waals surface area contributed by atoms with Crippen LogP contribution in [0.2, 0.25) is 0 Å². The molecule has 0 aromatic carbocycles. The molecular formula is C9H5F3N2. The van der Waals surface area contributed by atoms with Gasteiger partial charge in [-0.05, 0) is 18.2 Å². The molecule has 1 rings (SSSR count). The molecule has 1 aromatic heterocycles. The number of hydrogen-bond donors (Lipinski definition) is 0. The van der Waals surface area contributed by atoms with Crippen molar-refractivity contribution in [2.24, 2.45) is 0 Å². The monoisotopic (exact) mass is 198 g/mol. The largest absolute Gasteiger partial charge is 0.433 e. The second-order valence-corrected chi connectivity index (χ2v) is 2.41. The van der Waals surface area contributed by atoms with E-state index < -0.39 is 11.9 Å². The first-order valence-electron chi connectivity index (χ1n) is 3.64. The zero-order valence-electron chi connectivity index (χ0n) is 6.92. The standard InChI is InChI=1S/C9H5F3N2/c10-9(11,12)8-5-1-3-7(14-8)4-2-6-13/h1-5H. The Kier molecular flexibility index (Phi) is 2.87. The summed E-state index contributed by atoms with van der Waals surface area (Å²) in [4.78, 5) is 3.32. The van der Waals surface area contributed by atoms with Crippen LogP contribution >= 0.6 is 0 Å². The third kappa shape index (κ3) is 2.59. The molecular weight excluding hydrogens is 193 g/mol. The number of hydrogen-bond acceptors (Lipinski definition) is 2. The van der Waals surface area contributed by atoms with Gasteiger partial charge in [0, 0.05) is 6.08 Å². The molecule has 0 aliphatic heterocycles. The fraction of sp³-hybridized carbons (Fsp3) is 0.111. The highest BCUT2D eigenvalue weighted by atomic mass is 19.4. The first-order chi connectivity index (χ1) is 6.54. The van der Waals surface area contributed by atoms with Crippen LogP contribution in [0.4, 0.5) is 13.2 Å². The second kappa shape index (κ2) is 3.92. The molecule has 0 saturated carbocycles. The van der Waals surface area contributed by atoms with Crippen molar-refractivity contribution < 1.29 is 13.2 Å². The Balaban J connectivity index is 3.03. The van der Waals surface area contributed by atoms with Crippen LogP contribution in [0.1, 0.15) is 11.4 Å². The van der Waals surface area contributed by atoms with Crippen LogP contribution in [0.25, 0.3) is 6.08 Å². The van der Waals surface area contributed by atoms with Gasteiger partial charge in [0.15, 0.2) is 0 Å². The number of nitrogens with zero attached hydrogens (tertiary/aromatic N) is 2. The average molecular weight is 198 g/mol. The van der Waals surface area contributed by atoms with Crippen molar-refractivity contribution in [1.29, 1.82) is 5.26 Å². The molecule has 0 unspecified atom stereocenters. The smallest absolute Gasteiger partial charge is 0.244 e. The molecule has 1 heterocycles. The number of allylic oxidation sites excluding steroid dienone is 1. The Labute approximate surface area is 78.3 Å². The van der Waals surface area contributed by atoms with Crippen LogP contribution in [-0.4, -0.2) is 4.98 Å². The van der Waals surface area contributed by atoms with Gasteiger partial charge in [0.25, 0.3) is 0 Å². The molecule has 0 radical (unpaired) electrons. The number of rotatable bonds is 1. The molecule has 0 aliphatic carbocycles. The van der Waals surface area contributed by atoms with Gasteiger partial charge in [-0.3, -0.25) is 0 Å². The van der Waals surface area contributed by atoms with E-state index in [0.717, 1.165) is 12.1 Å². The van der Waals surface area contributed by atoms with Crippen molar-refractivity contribution in [1.82, 2.24) is 4.98 Å². The molecule has 0 aliphatic rings. The van der Waals surface area contributed by atoms with Gasteiger partial charge in [0.05, 0.1) is 11.8 Å². The van der Waals surface area contributed by atoms with Crippen LogP contribution in [0.5, 0.6) is 0 Å². The van der Waals surface area contributed by atoms with Crippen molar-refractivity contribution in [2.45, 2.75) is 6.18 Å². The fourth-order valence-corrected chi connectivity index (χ4v) is 0.825. The summed E-state index contributed by atoms with van der Waals surface area (Å²) >= 11 is 0. The lowest BCUT2D eigenvalue weighted by Gasteiger charge is -2.04. The van der Waals surface area contributed by atoms with Gasteiger partial charge in [-0.15, -0.1) is 0 Å².